The van der Waals surface area contributed by atoms with E-state index < -0.39 is 5.54 Å². The van der Waals surface area contributed by atoms with Crippen molar-refractivity contribution >= 4 is 5.91 Å². The van der Waals surface area contributed by atoms with E-state index in [0.717, 1.165) is 5.56 Å². The van der Waals surface area contributed by atoms with Crippen molar-refractivity contribution < 1.29 is 4.79 Å². The minimum Gasteiger partial charge on any atom is -0.337 e. The molecule has 2 N–H and O–H groups in total. The Bertz CT molecular complexity index is 356. The van der Waals surface area contributed by atoms with Crippen LogP contribution >= 0.6 is 0 Å². The number of amides is 1. The molecule has 0 radical (unpaired) electrons. The normalized spacial score (nSPS) is 13.3. The summed E-state index contributed by atoms with van der Waals surface area (Å²) in [7, 11) is 1.77. The molecule has 1 rings (SSSR count). The van der Waals surface area contributed by atoms with Crippen LogP contribution in [-0.2, 0) is 4.79 Å². The van der Waals surface area contributed by atoms with E-state index in [9.17, 15) is 4.79 Å². The van der Waals surface area contributed by atoms with Crippen molar-refractivity contribution in [3.05, 3.63) is 30.1 Å². The summed E-state index contributed by atoms with van der Waals surface area (Å²) in [6.45, 7) is 5.40. The number of hydrogen-bond donors (Lipinski definition) is 1. The van der Waals surface area contributed by atoms with Gasteiger partial charge in [0, 0.05) is 19.4 Å². The van der Waals surface area contributed by atoms with Crippen LogP contribution in [-0.4, -0.2) is 28.4 Å². The summed E-state index contributed by atoms with van der Waals surface area (Å²) in [5, 5.41) is 0. The van der Waals surface area contributed by atoms with Crippen LogP contribution in [0.4, 0.5) is 0 Å². The summed E-state index contributed by atoms with van der Waals surface area (Å²) in [6.07, 6.45) is 3.44. The molecule has 1 aromatic rings. The van der Waals surface area contributed by atoms with E-state index in [4.69, 9.17) is 5.73 Å². The first-order valence-electron chi connectivity index (χ1n) is 5.30. The highest BCUT2D eigenvalue weighted by atomic mass is 16.2. The van der Waals surface area contributed by atoms with E-state index in [2.05, 4.69) is 4.98 Å². The van der Waals surface area contributed by atoms with Gasteiger partial charge in [0.15, 0.2) is 0 Å². The van der Waals surface area contributed by atoms with Crippen LogP contribution < -0.4 is 5.73 Å². The van der Waals surface area contributed by atoms with Crippen molar-refractivity contribution in [2.75, 3.05) is 7.05 Å². The molecule has 0 spiro atoms. The first kappa shape index (κ1) is 12.6. The number of rotatable bonds is 3. The van der Waals surface area contributed by atoms with Crippen molar-refractivity contribution in [1.82, 2.24) is 9.88 Å². The van der Waals surface area contributed by atoms with Crippen molar-refractivity contribution in [2.24, 2.45) is 5.73 Å². The number of nitrogens with two attached hydrogens (primary N) is 1. The lowest BCUT2D eigenvalue weighted by molar-refractivity contribution is -0.136. The lowest BCUT2D eigenvalue weighted by Gasteiger charge is -2.31. The van der Waals surface area contributed by atoms with E-state index in [1.54, 1.807) is 38.2 Å². The van der Waals surface area contributed by atoms with Gasteiger partial charge in [0.05, 0.1) is 11.6 Å². The third kappa shape index (κ3) is 2.79. The van der Waals surface area contributed by atoms with Gasteiger partial charge in [0.25, 0.3) is 0 Å². The third-order valence-corrected chi connectivity index (χ3v) is 2.64. The van der Waals surface area contributed by atoms with Gasteiger partial charge in [-0.15, -0.1) is 0 Å². The van der Waals surface area contributed by atoms with Crippen LogP contribution in [0.2, 0.25) is 0 Å². The number of pyridine rings is 1. The SMILES string of the molecule is CC(c1ccncc1)N(C)C(=O)C(C)(C)N. The molecular formula is C12H19N3O. The molecule has 1 atom stereocenters. The number of likely N-dealkylation sites (N-methyl/N-ethyl adjacent to an activating group) is 1. The van der Waals surface area contributed by atoms with Gasteiger partial charge in [-0.3, -0.25) is 9.78 Å². The zero-order valence-corrected chi connectivity index (χ0v) is 10.3. The van der Waals surface area contributed by atoms with Gasteiger partial charge in [0.2, 0.25) is 5.91 Å². The Hall–Kier alpha value is -1.42. The van der Waals surface area contributed by atoms with Crippen LogP contribution in [0.5, 0.6) is 0 Å². The Morgan fingerprint density at radius 3 is 2.38 bits per heavy atom. The minimum absolute atomic E-state index is 0.00155. The molecule has 1 aromatic heterocycles. The molecule has 1 unspecified atom stereocenters. The monoisotopic (exact) mass is 221 g/mol. The molecule has 0 aromatic carbocycles. The second kappa shape index (κ2) is 4.61. The van der Waals surface area contributed by atoms with Gasteiger partial charge < -0.3 is 10.6 Å². The lowest BCUT2D eigenvalue weighted by Crippen LogP contribution is -2.50. The fourth-order valence-corrected chi connectivity index (χ4v) is 1.50. The van der Waals surface area contributed by atoms with Crippen molar-refractivity contribution in [1.29, 1.82) is 0 Å². The highest BCUT2D eigenvalue weighted by Gasteiger charge is 2.28. The van der Waals surface area contributed by atoms with Gasteiger partial charge in [-0.2, -0.15) is 0 Å². The first-order chi connectivity index (χ1) is 7.34. The largest absolute Gasteiger partial charge is 0.337 e. The molecule has 0 aliphatic heterocycles. The maximum Gasteiger partial charge on any atom is 0.242 e. The summed E-state index contributed by atoms with van der Waals surface area (Å²) in [5.74, 6) is -0.0724. The second-order valence-electron chi connectivity index (χ2n) is 4.59. The average molecular weight is 221 g/mol. The average Bonchev–Trinajstić information content (AvgIpc) is 2.26. The highest BCUT2D eigenvalue weighted by molar-refractivity contribution is 5.85. The Morgan fingerprint density at radius 1 is 1.44 bits per heavy atom. The van der Waals surface area contributed by atoms with Gasteiger partial charge in [-0.05, 0) is 38.5 Å². The summed E-state index contributed by atoms with van der Waals surface area (Å²) in [4.78, 5) is 17.6. The number of carbonyl (C=O) groups is 1. The van der Waals surface area contributed by atoms with Gasteiger partial charge in [-0.1, -0.05) is 0 Å². The molecule has 0 fully saturated rings. The Kier molecular flexibility index (Phi) is 3.65. The van der Waals surface area contributed by atoms with Crippen LogP contribution in [0.3, 0.4) is 0 Å². The van der Waals surface area contributed by atoms with Gasteiger partial charge in [0.1, 0.15) is 0 Å². The summed E-state index contributed by atoms with van der Waals surface area (Å²) in [6, 6.07) is 3.80. The van der Waals surface area contributed by atoms with E-state index in [1.165, 1.54) is 0 Å². The fourth-order valence-electron chi connectivity index (χ4n) is 1.50. The van der Waals surface area contributed by atoms with Crippen molar-refractivity contribution in [2.45, 2.75) is 32.4 Å². The van der Waals surface area contributed by atoms with Crippen LogP contribution in [0.25, 0.3) is 0 Å². The topological polar surface area (TPSA) is 59.2 Å². The number of carbonyl (C=O) groups excluding carboxylic acids is 1. The molecule has 0 bridgehead atoms. The predicted octanol–water partition coefficient (Wildman–Crippen LogP) is 1.34. The number of nitrogens with zero attached hydrogens (tertiary/aromatic N) is 2. The number of aromatic nitrogens is 1. The third-order valence-electron chi connectivity index (χ3n) is 2.64. The molecule has 16 heavy (non-hydrogen) atoms. The van der Waals surface area contributed by atoms with Gasteiger partial charge in [-0.25, -0.2) is 0 Å². The zero-order chi connectivity index (χ0) is 12.3. The second-order valence-corrected chi connectivity index (χ2v) is 4.59. The smallest absolute Gasteiger partial charge is 0.242 e. The quantitative estimate of drug-likeness (QED) is 0.838. The molecule has 88 valence electrons. The molecular weight excluding hydrogens is 202 g/mol. The Balaban J connectivity index is 2.83. The molecule has 0 saturated carbocycles. The van der Waals surface area contributed by atoms with E-state index >= 15 is 0 Å². The Labute approximate surface area is 96.5 Å². The summed E-state index contributed by atoms with van der Waals surface area (Å²) >= 11 is 0. The molecule has 4 heteroatoms. The number of hydrogen-bond acceptors (Lipinski definition) is 3. The van der Waals surface area contributed by atoms with Gasteiger partial charge >= 0.3 is 0 Å². The van der Waals surface area contributed by atoms with E-state index in [-0.39, 0.29) is 11.9 Å². The van der Waals surface area contributed by atoms with E-state index in [1.807, 2.05) is 19.1 Å². The molecule has 1 heterocycles. The summed E-state index contributed by atoms with van der Waals surface area (Å²) in [5.41, 5.74) is 6.01. The molecule has 0 aliphatic carbocycles. The van der Waals surface area contributed by atoms with Crippen molar-refractivity contribution in [3.63, 3.8) is 0 Å². The molecule has 0 saturated heterocycles. The standard InChI is InChI=1S/C12H19N3O/c1-9(10-5-7-14-8-6-10)15(4)11(16)12(2,3)13/h5-9H,13H2,1-4H3. The predicted molar refractivity (Wildman–Crippen MR) is 63.7 cm³/mol. The maximum atomic E-state index is 12.0. The van der Waals surface area contributed by atoms with Crippen molar-refractivity contribution in [3.8, 4) is 0 Å². The first-order valence-corrected chi connectivity index (χ1v) is 5.30. The maximum absolute atomic E-state index is 12.0. The molecule has 0 aliphatic rings. The lowest BCUT2D eigenvalue weighted by atomic mass is 10.0. The minimum atomic E-state index is -0.837. The zero-order valence-electron chi connectivity index (χ0n) is 10.3. The van der Waals surface area contributed by atoms with Crippen LogP contribution in [0.15, 0.2) is 24.5 Å². The van der Waals surface area contributed by atoms with Crippen LogP contribution in [0, 0.1) is 0 Å². The highest BCUT2D eigenvalue weighted by Crippen LogP contribution is 2.19. The van der Waals surface area contributed by atoms with Crippen LogP contribution in [0.1, 0.15) is 32.4 Å². The van der Waals surface area contributed by atoms with E-state index in [0.29, 0.717) is 0 Å². The summed E-state index contributed by atoms with van der Waals surface area (Å²) < 4.78 is 0. The fraction of sp³-hybridized carbons (Fsp3) is 0.500. The Morgan fingerprint density at radius 2 is 1.94 bits per heavy atom. The molecule has 4 nitrogen and oxygen atoms in total. The molecule has 1 amide bonds.